The Kier molecular flexibility index (Phi) is 6.22. The third kappa shape index (κ3) is 4.18. The van der Waals surface area contributed by atoms with E-state index >= 15 is 0 Å². The molecule has 144 valence electrons. The third-order valence-electron chi connectivity index (χ3n) is 5.00. The molecule has 0 unspecified atom stereocenters. The fourth-order valence-corrected chi connectivity index (χ4v) is 3.63. The number of para-hydroxylation sites is 3. The second-order valence-corrected chi connectivity index (χ2v) is 6.83. The Morgan fingerprint density at radius 2 is 1.74 bits per heavy atom. The zero-order valence-corrected chi connectivity index (χ0v) is 16.5. The van der Waals surface area contributed by atoms with Gasteiger partial charge in [-0.05, 0) is 37.6 Å². The normalized spacial score (nSPS) is 14.2. The van der Waals surface area contributed by atoms with E-state index in [1.807, 2.05) is 30.3 Å². The second-order valence-electron chi connectivity index (χ2n) is 6.83. The van der Waals surface area contributed by atoms with Gasteiger partial charge in [0, 0.05) is 38.3 Å². The van der Waals surface area contributed by atoms with Crippen LogP contribution in [0.4, 0.5) is 17.1 Å². The molecule has 2 aromatic rings. The molecule has 0 radical (unpaired) electrons. The summed E-state index contributed by atoms with van der Waals surface area (Å²) in [6.07, 6.45) is 1.05. The maximum atomic E-state index is 12.2. The predicted octanol–water partition coefficient (Wildman–Crippen LogP) is 4.05. The van der Waals surface area contributed by atoms with Gasteiger partial charge in [-0.3, -0.25) is 4.79 Å². The number of carbonyl (C=O) groups excluding carboxylic acids is 1. The van der Waals surface area contributed by atoms with Crippen LogP contribution in [0.1, 0.15) is 30.6 Å². The van der Waals surface area contributed by atoms with Crippen LogP contribution in [0.5, 0.6) is 5.75 Å². The van der Waals surface area contributed by atoms with E-state index in [1.54, 1.807) is 14.0 Å². The van der Waals surface area contributed by atoms with Crippen LogP contribution in [0, 0.1) is 0 Å². The zero-order valence-electron chi connectivity index (χ0n) is 16.5. The van der Waals surface area contributed by atoms with Crippen LogP contribution in [0.25, 0.3) is 0 Å². The number of carbonyl (C=O) groups is 1. The Labute approximate surface area is 161 Å². The highest BCUT2D eigenvalue weighted by Gasteiger charge is 2.24. The number of nitrogens with one attached hydrogen (secondary N) is 1. The number of piperazine rings is 1. The van der Waals surface area contributed by atoms with E-state index in [9.17, 15) is 4.79 Å². The van der Waals surface area contributed by atoms with Crippen molar-refractivity contribution < 1.29 is 9.53 Å². The van der Waals surface area contributed by atoms with Crippen LogP contribution < -0.4 is 19.9 Å². The number of rotatable bonds is 7. The minimum absolute atomic E-state index is 0.109. The van der Waals surface area contributed by atoms with Gasteiger partial charge in [0.1, 0.15) is 5.75 Å². The van der Waals surface area contributed by atoms with Crippen molar-refractivity contribution in [3.8, 4) is 5.75 Å². The summed E-state index contributed by atoms with van der Waals surface area (Å²) in [6.45, 7) is 8.20. The van der Waals surface area contributed by atoms with Crippen molar-refractivity contribution in [3.05, 3.63) is 48.0 Å². The molecule has 1 heterocycles. The highest BCUT2D eigenvalue weighted by atomic mass is 16.5. The first-order valence-electron chi connectivity index (χ1n) is 9.66. The average Bonchev–Trinajstić information content (AvgIpc) is 2.72. The lowest BCUT2D eigenvalue weighted by atomic mass is 10.1. The lowest BCUT2D eigenvalue weighted by Crippen LogP contribution is -2.47. The number of Topliss-reactive ketones (excluding diaryl/α,β-unsaturated/α-hetero) is 1. The summed E-state index contributed by atoms with van der Waals surface area (Å²) in [6, 6.07) is 14.1. The predicted molar refractivity (Wildman–Crippen MR) is 113 cm³/mol. The van der Waals surface area contributed by atoms with Gasteiger partial charge in [-0.2, -0.15) is 0 Å². The molecule has 0 aromatic heterocycles. The molecular formula is C22H29N3O2. The van der Waals surface area contributed by atoms with E-state index in [0.29, 0.717) is 0 Å². The van der Waals surface area contributed by atoms with E-state index in [2.05, 4.69) is 34.2 Å². The van der Waals surface area contributed by atoms with Crippen molar-refractivity contribution in [3.63, 3.8) is 0 Å². The summed E-state index contributed by atoms with van der Waals surface area (Å²) in [4.78, 5) is 16.9. The lowest BCUT2D eigenvalue weighted by Gasteiger charge is -2.39. The van der Waals surface area contributed by atoms with Crippen molar-refractivity contribution in [1.82, 2.24) is 0 Å². The van der Waals surface area contributed by atoms with Crippen molar-refractivity contribution in [1.29, 1.82) is 0 Å². The van der Waals surface area contributed by atoms with Crippen LogP contribution in [0.3, 0.4) is 0 Å². The molecule has 5 heteroatoms. The summed E-state index contributed by atoms with van der Waals surface area (Å²) in [5, 5.41) is 3.49. The topological polar surface area (TPSA) is 44.8 Å². The van der Waals surface area contributed by atoms with Gasteiger partial charge in [-0.15, -0.1) is 0 Å². The van der Waals surface area contributed by atoms with Crippen LogP contribution in [-0.4, -0.2) is 45.6 Å². The first-order chi connectivity index (χ1) is 13.2. The van der Waals surface area contributed by atoms with E-state index < -0.39 is 0 Å². The molecule has 0 atom stereocenters. The smallest absolute Gasteiger partial charge is 0.161 e. The summed E-state index contributed by atoms with van der Waals surface area (Å²) < 4.78 is 5.51. The number of nitrogens with zero attached hydrogens (tertiary/aromatic N) is 2. The summed E-state index contributed by atoms with van der Waals surface area (Å²) in [5.41, 5.74) is 4.01. The molecule has 1 fully saturated rings. The average molecular weight is 367 g/mol. The summed E-state index contributed by atoms with van der Waals surface area (Å²) in [7, 11) is 1.71. The third-order valence-corrected chi connectivity index (χ3v) is 5.00. The molecule has 1 N–H and O–H groups in total. The van der Waals surface area contributed by atoms with Gasteiger partial charge < -0.3 is 19.9 Å². The Bertz CT molecular complexity index is 783. The minimum Gasteiger partial charge on any atom is -0.495 e. The molecule has 2 aromatic carbocycles. The van der Waals surface area contributed by atoms with E-state index in [-0.39, 0.29) is 5.78 Å². The Balaban J connectivity index is 1.82. The fraction of sp³-hybridized carbons (Fsp3) is 0.409. The van der Waals surface area contributed by atoms with E-state index in [4.69, 9.17) is 4.74 Å². The summed E-state index contributed by atoms with van der Waals surface area (Å²) in [5.74, 6) is 1.01. The van der Waals surface area contributed by atoms with Gasteiger partial charge in [0.25, 0.3) is 0 Å². The van der Waals surface area contributed by atoms with Crippen LogP contribution in [0.2, 0.25) is 0 Å². The van der Waals surface area contributed by atoms with Crippen molar-refractivity contribution >= 4 is 22.8 Å². The SMILES string of the molecule is CCCNc1cccc(C(C)=O)c1N1CCN(c2ccccc2OC)CC1. The molecule has 1 saturated heterocycles. The number of hydrogen-bond acceptors (Lipinski definition) is 5. The van der Waals surface area contributed by atoms with E-state index in [0.717, 1.165) is 67.5 Å². The first-order valence-corrected chi connectivity index (χ1v) is 9.66. The van der Waals surface area contributed by atoms with E-state index in [1.165, 1.54) is 0 Å². The first kappa shape index (κ1) is 19.1. The van der Waals surface area contributed by atoms with Gasteiger partial charge in [0.15, 0.2) is 5.78 Å². The molecular weight excluding hydrogens is 338 g/mol. The number of benzene rings is 2. The number of ether oxygens (including phenoxy) is 1. The molecule has 0 saturated carbocycles. The molecule has 5 nitrogen and oxygen atoms in total. The number of hydrogen-bond donors (Lipinski definition) is 1. The van der Waals surface area contributed by atoms with Crippen molar-refractivity contribution in [2.45, 2.75) is 20.3 Å². The molecule has 0 spiro atoms. The Hall–Kier alpha value is -2.69. The van der Waals surface area contributed by atoms with Crippen LogP contribution >= 0.6 is 0 Å². The molecule has 0 bridgehead atoms. The molecule has 1 aliphatic heterocycles. The molecule has 0 aliphatic carbocycles. The summed E-state index contributed by atoms with van der Waals surface area (Å²) >= 11 is 0. The second kappa shape index (κ2) is 8.80. The van der Waals surface area contributed by atoms with Crippen LogP contribution in [0.15, 0.2) is 42.5 Å². The zero-order chi connectivity index (χ0) is 19.2. The van der Waals surface area contributed by atoms with Crippen LogP contribution in [-0.2, 0) is 0 Å². The van der Waals surface area contributed by atoms with Crippen molar-refractivity contribution in [2.75, 3.05) is 55.0 Å². The van der Waals surface area contributed by atoms with Crippen molar-refractivity contribution in [2.24, 2.45) is 0 Å². The van der Waals surface area contributed by atoms with Gasteiger partial charge in [-0.1, -0.05) is 25.1 Å². The fourth-order valence-electron chi connectivity index (χ4n) is 3.63. The van der Waals surface area contributed by atoms with Gasteiger partial charge in [-0.25, -0.2) is 0 Å². The molecule has 1 aliphatic rings. The molecule has 0 amide bonds. The van der Waals surface area contributed by atoms with Gasteiger partial charge in [0.05, 0.1) is 24.2 Å². The van der Waals surface area contributed by atoms with Gasteiger partial charge in [0.2, 0.25) is 0 Å². The monoisotopic (exact) mass is 367 g/mol. The standard InChI is InChI=1S/C22H29N3O2/c1-4-12-23-19-9-7-8-18(17(2)26)22(19)25-15-13-24(14-16-25)20-10-5-6-11-21(20)27-3/h5-11,23H,4,12-16H2,1-3H3. The highest BCUT2D eigenvalue weighted by molar-refractivity contribution is 6.02. The largest absolute Gasteiger partial charge is 0.495 e. The molecule has 27 heavy (non-hydrogen) atoms. The van der Waals surface area contributed by atoms with Gasteiger partial charge >= 0.3 is 0 Å². The number of ketones is 1. The number of methoxy groups -OCH3 is 1. The Morgan fingerprint density at radius 1 is 1.04 bits per heavy atom. The lowest BCUT2D eigenvalue weighted by molar-refractivity contribution is 0.101. The quantitative estimate of drug-likeness (QED) is 0.748. The maximum Gasteiger partial charge on any atom is 0.161 e. The maximum absolute atomic E-state index is 12.2. The Morgan fingerprint density at radius 3 is 2.41 bits per heavy atom. The highest BCUT2D eigenvalue weighted by Crippen LogP contribution is 2.34. The number of anilines is 3. The minimum atomic E-state index is 0.109. The molecule has 3 rings (SSSR count).